The maximum atomic E-state index is 10.8. The summed E-state index contributed by atoms with van der Waals surface area (Å²) in [5, 5.41) is 9.70. The van der Waals surface area contributed by atoms with Gasteiger partial charge in [-0.05, 0) is 40.9 Å². The molecule has 2 aromatic rings. The van der Waals surface area contributed by atoms with Crippen molar-refractivity contribution in [2.24, 2.45) is 0 Å². The molecule has 0 amide bonds. The Morgan fingerprint density at radius 3 is 2.75 bits per heavy atom. The van der Waals surface area contributed by atoms with Crippen molar-refractivity contribution in [3.8, 4) is 0 Å². The van der Waals surface area contributed by atoms with Gasteiger partial charge in [0.2, 0.25) is 0 Å². The van der Waals surface area contributed by atoms with Crippen molar-refractivity contribution in [3.63, 3.8) is 0 Å². The molecule has 0 aliphatic heterocycles. The third-order valence-corrected chi connectivity index (χ3v) is 3.40. The lowest BCUT2D eigenvalue weighted by atomic mass is 10.0. The van der Waals surface area contributed by atoms with E-state index >= 15 is 0 Å². The van der Waals surface area contributed by atoms with Crippen LogP contribution in [0.15, 0.2) is 21.2 Å². The van der Waals surface area contributed by atoms with Gasteiger partial charge in [0.15, 0.2) is 4.67 Å². The fourth-order valence-electron chi connectivity index (χ4n) is 1.73. The fraction of sp³-hybridized carbons (Fsp3) is 0.250. The number of benzene rings is 1. The molecule has 0 unspecified atom stereocenters. The van der Waals surface area contributed by atoms with E-state index in [-0.39, 0.29) is 6.42 Å². The quantitative estimate of drug-likeness (QED) is 0.918. The Bertz CT molecular complexity index is 569. The van der Waals surface area contributed by atoms with Crippen LogP contribution in [-0.4, -0.2) is 11.1 Å². The molecule has 0 atom stereocenters. The van der Waals surface area contributed by atoms with Crippen molar-refractivity contribution >= 4 is 32.9 Å². The van der Waals surface area contributed by atoms with Gasteiger partial charge in [-0.25, -0.2) is 0 Å². The molecule has 0 aliphatic carbocycles. The molecule has 1 N–H and O–H groups in total. The zero-order chi connectivity index (χ0) is 11.9. The second-order valence-corrected chi connectivity index (χ2v) is 4.53. The second kappa shape index (κ2) is 3.94. The number of hydrogen-bond donors (Lipinski definition) is 1. The van der Waals surface area contributed by atoms with E-state index in [0.717, 1.165) is 22.1 Å². The van der Waals surface area contributed by atoms with Gasteiger partial charge >= 0.3 is 5.97 Å². The lowest BCUT2D eigenvalue weighted by Gasteiger charge is -1.99. The Labute approximate surface area is 101 Å². The summed E-state index contributed by atoms with van der Waals surface area (Å²) in [7, 11) is 0. The number of aryl methyl sites for hydroxylation is 2. The van der Waals surface area contributed by atoms with Crippen LogP contribution in [0.25, 0.3) is 11.0 Å². The first-order valence-electron chi connectivity index (χ1n) is 4.89. The molecule has 0 saturated carbocycles. The van der Waals surface area contributed by atoms with E-state index in [1.54, 1.807) is 0 Å². The van der Waals surface area contributed by atoms with E-state index in [4.69, 9.17) is 9.52 Å². The highest BCUT2D eigenvalue weighted by Crippen LogP contribution is 2.33. The highest BCUT2D eigenvalue weighted by atomic mass is 79.9. The number of rotatable bonds is 2. The molecule has 1 heterocycles. The number of furan rings is 1. The SMILES string of the molecule is Cc1ccc2c(CC(=O)O)c(Br)oc2c1C. The number of hydrogen-bond acceptors (Lipinski definition) is 2. The summed E-state index contributed by atoms with van der Waals surface area (Å²) in [6, 6.07) is 3.88. The number of aliphatic carboxylic acids is 1. The third-order valence-electron chi connectivity index (χ3n) is 2.76. The largest absolute Gasteiger partial charge is 0.481 e. The van der Waals surface area contributed by atoms with Crippen LogP contribution >= 0.6 is 15.9 Å². The van der Waals surface area contributed by atoms with E-state index in [9.17, 15) is 4.79 Å². The highest BCUT2D eigenvalue weighted by Gasteiger charge is 2.16. The molecule has 0 bridgehead atoms. The summed E-state index contributed by atoms with van der Waals surface area (Å²) in [5.41, 5.74) is 3.65. The average molecular weight is 283 g/mol. The van der Waals surface area contributed by atoms with E-state index in [0.29, 0.717) is 10.2 Å². The second-order valence-electron chi connectivity index (χ2n) is 3.81. The molecule has 3 nitrogen and oxygen atoms in total. The van der Waals surface area contributed by atoms with Crippen LogP contribution in [0.5, 0.6) is 0 Å². The molecular weight excluding hydrogens is 272 g/mol. The van der Waals surface area contributed by atoms with Crippen molar-refractivity contribution < 1.29 is 14.3 Å². The molecule has 0 saturated heterocycles. The molecule has 84 valence electrons. The highest BCUT2D eigenvalue weighted by molar-refractivity contribution is 9.10. The summed E-state index contributed by atoms with van der Waals surface area (Å²) < 4.78 is 6.08. The van der Waals surface area contributed by atoms with Gasteiger partial charge in [0.25, 0.3) is 0 Å². The molecule has 2 rings (SSSR count). The number of halogens is 1. The molecule has 16 heavy (non-hydrogen) atoms. The van der Waals surface area contributed by atoms with Crippen LogP contribution in [-0.2, 0) is 11.2 Å². The maximum absolute atomic E-state index is 10.8. The van der Waals surface area contributed by atoms with Crippen molar-refractivity contribution in [2.75, 3.05) is 0 Å². The summed E-state index contributed by atoms with van der Waals surface area (Å²) in [6.07, 6.45) is -0.0317. The summed E-state index contributed by atoms with van der Waals surface area (Å²) in [4.78, 5) is 10.8. The van der Waals surface area contributed by atoms with E-state index in [1.165, 1.54) is 0 Å². The smallest absolute Gasteiger partial charge is 0.308 e. The Balaban J connectivity index is 2.71. The third kappa shape index (κ3) is 1.73. The van der Waals surface area contributed by atoms with Crippen molar-refractivity contribution in [1.82, 2.24) is 0 Å². The first kappa shape index (κ1) is 11.2. The first-order valence-corrected chi connectivity index (χ1v) is 5.69. The number of fused-ring (bicyclic) bond motifs is 1. The average Bonchev–Trinajstić information content (AvgIpc) is 2.51. The predicted molar refractivity (Wildman–Crippen MR) is 64.7 cm³/mol. The van der Waals surface area contributed by atoms with Crippen molar-refractivity contribution in [3.05, 3.63) is 33.5 Å². The summed E-state index contributed by atoms with van der Waals surface area (Å²) >= 11 is 3.27. The predicted octanol–water partition coefficient (Wildman–Crippen LogP) is 3.44. The van der Waals surface area contributed by atoms with Crippen LogP contribution in [0.1, 0.15) is 16.7 Å². The van der Waals surface area contributed by atoms with E-state index in [2.05, 4.69) is 15.9 Å². The molecule has 1 aromatic heterocycles. The minimum absolute atomic E-state index is 0.0317. The topological polar surface area (TPSA) is 50.4 Å². The van der Waals surface area contributed by atoms with Crippen molar-refractivity contribution in [1.29, 1.82) is 0 Å². The monoisotopic (exact) mass is 282 g/mol. The fourth-order valence-corrected chi connectivity index (χ4v) is 2.25. The normalized spacial score (nSPS) is 10.9. The van der Waals surface area contributed by atoms with Gasteiger partial charge in [-0.1, -0.05) is 12.1 Å². The lowest BCUT2D eigenvalue weighted by molar-refractivity contribution is -0.136. The molecule has 1 aromatic carbocycles. The van der Waals surface area contributed by atoms with Crippen LogP contribution in [0.3, 0.4) is 0 Å². The van der Waals surface area contributed by atoms with Gasteiger partial charge < -0.3 is 9.52 Å². The summed E-state index contributed by atoms with van der Waals surface area (Å²) in [5.74, 6) is -0.860. The molecule has 0 radical (unpaired) electrons. The Kier molecular flexibility index (Phi) is 2.76. The zero-order valence-electron chi connectivity index (χ0n) is 9.00. The lowest BCUT2D eigenvalue weighted by Crippen LogP contribution is -1.99. The van der Waals surface area contributed by atoms with Gasteiger partial charge in [-0.2, -0.15) is 0 Å². The van der Waals surface area contributed by atoms with Gasteiger partial charge in [0.05, 0.1) is 6.42 Å². The van der Waals surface area contributed by atoms with Crippen LogP contribution in [0.4, 0.5) is 0 Å². The number of carbonyl (C=O) groups is 1. The van der Waals surface area contributed by atoms with Gasteiger partial charge in [0.1, 0.15) is 5.58 Å². The molecular formula is C12H11BrO3. The summed E-state index contributed by atoms with van der Waals surface area (Å²) in [6.45, 7) is 3.97. The number of carboxylic acid groups (broad SMARTS) is 1. The standard InChI is InChI=1S/C12H11BrO3/c1-6-3-4-8-9(5-10(14)15)12(13)16-11(8)7(6)2/h3-4H,5H2,1-2H3,(H,14,15). The van der Waals surface area contributed by atoms with Crippen molar-refractivity contribution in [2.45, 2.75) is 20.3 Å². The number of carboxylic acids is 1. The molecule has 0 fully saturated rings. The first-order chi connectivity index (χ1) is 7.50. The van der Waals surface area contributed by atoms with Gasteiger partial charge in [-0.3, -0.25) is 4.79 Å². The molecule has 4 heteroatoms. The maximum Gasteiger partial charge on any atom is 0.308 e. The Morgan fingerprint density at radius 1 is 1.44 bits per heavy atom. The Hall–Kier alpha value is -1.29. The molecule has 0 spiro atoms. The van der Waals surface area contributed by atoms with E-state index in [1.807, 2.05) is 26.0 Å². The van der Waals surface area contributed by atoms with Gasteiger partial charge in [-0.15, -0.1) is 0 Å². The van der Waals surface area contributed by atoms with Gasteiger partial charge in [0, 0.05) is 10.9 Å². The minimum atomic E-state index is -0.860. The van der Waals surface area contributed by atoms with E-state index < -0.39 is 5.97 Å². The van der Waals surface area contributed by atoms with Crippen LogP contribution < -0.4 is 0 Å². The Morgan fingerprint density at radius 2 is 2.12 bits per heavy atom. The molecule has 0 aliphatic rings. The van der Waals surface area contributed by atoms with Crippen LogP contribution in [0.2, 0.25) is 0 Å². The van der Waals surface area contributed by atoms with Crippen LogP contribution in [0, 0.1) is 13.8 Å². The zero-order valence-corrected chi connectivity index (χ0v) is 10.6. The minimum Gasteiger partial charge on any atom is -0.481 e.